The summed E-state index contributed by atoms with van der Waals surface area (Å²) < 4.78 is 16.8. The zero-order valence-electron chi connectivity index (χ0n) is 12.3. The van der Waals surface area contributed by atoms with Crippen LogP contribution in [0.2, 0.25) is 10.0 Å². The molecule has 0 radical (unpaired) electrons. The third-order valence-electron chi connectivity index (χ3n) is 3.50. The van der Waals surface area contributed by atoms with Crippen LogP contribution in [-0.4, -0.2) is 45.1 Å². The topological polar surface area (TPSA) is 39.7 Å². The quantitative estimate of drug-likeness (QED) is 0.742. The first-order chi connectivity index (χ1) is 10.2. The summed E-state index contributed by atoms with van der Waals surface area (Å²) in [4.78, 5) is 0. The monoisotopic (exact) mass is 333 g/mol. The molecule has 0 amide bonds. The van der Waals surface area contributed by atoms with Gasteiger partial charge in [0.25, 0.3) is 0 Å². The predicted molar refractivity (Wildman–Crippen MR) is 84.6 cm³/mol. The second kappa shape index (κ2) is 8.20. The zero-order chi connectivity index (χ0) is 15.2. The molecule has 1 fully saturated rings. The summed E-state index contributed by atoms with van der Waals surface area (Å²) in [6.07, 6.45) is 0.795. The van der Waals surface area contributed by atoms with E-state index in [1.54, 1.807) is 25.3 Å². The number of likely N-dealkylation sites (N-methyl/N-ethyl adjacent to an activating group) is 1. The van der Waals surface area contributed by atoms with Crippen LogP contribution < -0.4 is 10.1 Å². The predicted octanol–water partition coefficient (Wildman–Crippen LogP) is 3.15. The molecule has 1 aliphatic carbocycles. The highest BCUT2D eigenvalue weighted by molar-refractivity contribution is 6.37. The smallest absolute Gasteiger partial charge is 0.157 e. The average molecular weight is 334 g/mol. The highest BCUT2D eigenvalue weighted by Crippen LogP contribution is 2.37. The van der Waals surface area contributed by atoms with E-state index in [0.29, 0.717) is 29.0 Å². The Morgan fingerprint density at radius 3 is 2.57 bits per heavy atom. The lowest BCUT2D eigenvalue weighted by molar-refractivity contribution is -0.115. The summed E-state index contributed by atoms with van der Waals surface area (Å²) in [5.74, 6) is 0.529. The van der Waals surface area contributed by atoms with Gasteiger partial charge in [-0.2, -0.15) is 0 Å². The van der Waals surface area contributed by atoms with Crippen molar-refractivity contribution in [2.24, 2.45) is 0 Å². The lowest BCUT2D eigenvalue weighted by atomic mass is 9.85. The molecule has 1 aromatic rings. The van der Waals surface area contributed by atoms with Crippen LogP contribution in [0.25, 0.3) is 0 Å². The Kier molecular flexibility index (Phi) is 6.58. The molecule has 6 heteroatoms. The van der Waals surface area contributed by atoms with E-state index >= 15 is 0 Å². The first kappa shape index (κ1) is 16.8. The van der Waals surface area contributed by atoms with Crippen molar-refractivity contribution in [2.45, 2.75) is 31.6 Å². The number of rotatable bonds is 8. The van der Waals surface area contributed by atoms with Gasteiger partial charge in [-0.1, -0.05) is 36.2 Å². The number of nitrogens with one attached hydrogen (secondary N) is 1. The van der Waals surface area contributed by atoms with Gasteiger partial charge in [0.1, 0.15) is 12.2 Å². The highest BCUT2D eigenvalue weighted by Gasteiger charge is 2.43. The number of para-hydroxylation sites is 1. The molecular weight excluding hydrogens is 313 g/mol. The van der Waals surface area contributed by atoms with Gasteiger partial charge in [-0.05, 0) is 18.7 Å². The SMILES string of the molecule is CCNC1CC(Oc2c(Cl)cccc2Cl)C1OCCOC. The van der Waals surface area contributed by atoms with Gasteiger partial charge in [0.15, 0.2) is 5.75 Å². The van der Waals surface area contributed by atoms with Gasteiger partial charge in [-0.25, -0.2) is 0 Å². The summed E-state index contributed by atoms with van der Waals surface area (Å²) >= 11 is 12.3. The van der Waals surface area contributed by atoms with Crippen LogP contribution >= 0.6 is 23.2 Å². The van der Waals surface area contributed by atoms with E-state index in [1.807, 2.05) is 0 Å². The molecule has 2 rings (SSSR count). The van der Waals surface area contributed by atoms with Crippen LogP contribution in [0, 0.1) is 0 Å². The molecular formula is C15H21Cl2NO3. The van der Waals surface area contributed by atoms with Crippen molar-refractivity contribution in [1.82, 2.24) is 5.32 Å². The van der Waals surface area contributed by atoms with E-state index in [-0.39, 0.29) is 18.2 Å². The number of hydrogen-bond donors (Lipinski definition) is 1. The van der Waals surface area contributed by atoms with E-state index < -0.39 is 0 Å². The summed E-state index contributed by atoms with van der Waals surface area (Å²) in [5, 5.41) is 4.43. The minimum Gasteiger partial charge on any atom is -0.484 e. The number of methoxy groups -OCH3 is 1. The molecule has 3 atom stereocenters. The molecule has 1 saturated carbocycles. The molecule has 1 aromatic carbocycles. The third-order valence-corrected chi connectivity index (χ3v) is 4.10. The van der Waals surface area contributed by atoms with Crippen LogP contribution in [0.3, 0.4) is 0 Å². The largest absolute Gasteiger partial charge is 0.484 e. The van der Waals surface area contributed by atoms with Crippen LogP contribution in [0.5, 0.6) is 5.75 Å². The van der Waals surface area contributed by atoms with Gasteiger partial charge in [-0.3, -0.25) is 0 Å². The van der Waals surface area contributed by atoms with Gasteiger partial charge < -0.3 is 19.5 Å². The highest BCUT2D eigenvalue weighted by atomic mass is 35.5. The molecule has 3 unspecified atom stereocenters. The van der Waals surface area contributed by atoms with Crippen LogP contribution in [-0.2, 0) is 9.47 Å². The molecule has 118 valence electrons. The van der Waals surface area contributed by atoms with Crippen molar-refractivity contribution in [2.75, 3.05) is 26.9 Å². The van der Waals surface area contributed by atoms with Crippen molar-refractivity contribution >= 4 is 23.2 Å². The summed E-state index contributed by atoms with van der Waals surface area (Å²) in [5.41, 5.74) is 0. The number of benzene rings is 1. The minimum absolute atomic E-state index is 0.0209. The Labute approximate surface area is 135 Å². The van der Waals surface area contributed by atoms with Crippen LogP contribution in [0.1, 0.15) is 13.3 Å². The normalized spacial score (nSPS) is 24.7. The summed E-state index contributed by atoms with van der Waals surface area (Å²) in [7, 11) is 1.66. The minimum atomic E-state index is -0.0525. The second-order valence-electron chi connectivity index (χ2n) is 4.94. The van der Waals surface area contributed by atoms with E-state index in [1.165, 1.54) is 0 Å². The fraction of sp³-hybridized carbons (Fsp3) is 0.600. The van der Waals surface area contributed by atoms with Crippen molar-refractivity contribution in [3.05, 3.63) is 28.2 Å². The van der Waals surface area contributed by atoms with E-state index in [2.05, 4.69) is 12.2 Å². The molecule has 0 aromatic heterocycles. The molecule has 0 heterocycles. The molecule has 0 aliphatic heterocycles. The molecule has 0 spiro atoms. The fourth-order valence-corrected chi connectivity index (χ4v) is 2.88. The maximum atomic E-state index is 6.14. The van der Waals surface area contributed by atoms with E-state index in [9.17, 15) is 0 Å². The summed E-state index contributed by atoms with van der Waals surface area (Å²) in [6.45, 7) is 4.08. The van der Waals surface area contributed by atoms with Gasteiger partial charge >= 0.3 is 0 Å². The van der Waals surface area contributed by atoms with Crippen molar-refractivity contribution in [3.63, 3.8) is 0 Å². The van der Waals surface area contributed by atoms with Gasteiger partial charge in [0, 0.05) is 19.6 Å². The Morgan fingerprint density at radius 1 is 1.24 bits per heavy atom. The van der Waals surface area contributed by atoms with Crippen LogP contribution in [0.15, 0.2) is 18.2 Å². The fourth-order valence-electron chi connectivity index (χ4n) is 2.40. The summed E-state index contributed by atoms with van der Waals surface area (Å²) in [6, 6.07) is 5.62. The van der Waals surface area contributed by atoms with Gasteiger partial charge in [0.2, 0.25) is 0 Å². The third kappa shape index (κ3) is 4.24. The van der Waals surface area contributed by atoms with Gasteiger partial charge in [0.05, 0.1) is 23.3 Å². The maximum absolute atomic E-state index is 6.14. The number of hydrogen-bond acceptors (Lipinski definition) is 4. The molecule has 1 N–H and O–H groups in total. The Morgan fingerprint density at radius 2 is 1.95 bits per heavy atom. The van der Waals surface area contributed by atoms with Crippen LogP contribution in [0.4, 0.5) is 0 Å². The van der Waals surface area contributed by atoms with Gasteiger partial charge in [-0.15, -0.1) is 0 Å². The Hall–Kier alpha value is -0.520. The molecule has 4 nitrogen and oxygen atoms in total. The molecule has 0 bridgehead atoms. The molecule has 21 heavy (non-hydrogen) atoms. The standard InChI is InChI=1S/C15H21Cl2NO3/c1-3-18-12-9-13(15(12)20-8-7-19-2)21-14-10(16)5-4-6-11(14)17/h4-6,12-13,15,18H,3,7-9H2,1-2H3. The first-order valence-electron chi connectivity index (χ1n) is 7.12. The lowest BCUT2D eigenvalue weighted by Gasteiger charge is -2.44. The molecule has 0 saturated heterocycles. The van der Waals surface area contributed by atoms with Crippen molar-refractivity contribution in [3.8, 4) is 5.75 Å². The molecule has 1 aliphatic rings. The van der Waals surface area contributed by atoms with E-state index in [4.69, 9.17) is 37.4 Å². The first-order valence-corrected chi connectivity index (χ1v) is 7.87. The Bertz CT molecular complexity index is 438. The van der Waals surface area contributed by atoms with Crippen molar-refractivity contribution in [1.29, 1.82) is 0 Å². The average Bonchev–Trinajstić information content (AvgIpc) is 2.45. The maximum Gasteiger partial charge on any atom is 0.157 e. The Balaban J connectivity index is 1.98. The number of ether oxygens (including phenoxy) is 3. The second-order valence-corrected chi connectivity index (χ2v) is 5.75. The lowest BCUT2D eigenvalue weighted by Crippen LogP contribution is -2.61. The van der Waals surface area contributed by atoms with Crippen molar-refractivity contribution < 1.29 is 14.2 Å². The van der Waals surface area contributed by atoms with E-state index in [0.717, 1.165) is 13.0 Å². The zero-order valence-corrected chi connectivity index (χ0v) is 13.8. The number of halogens is 2.